The number of nitrogens with one attached hydrogen (secondary N) is 1. The van der Waals surface area contributed by atoms with Crippen molar-refractivity contribution in [1.29, 1.82) is 0 Å². The van der Waals surface area contributed by atoms with Gasteiger partial charge in [-0.15, -0.1) is 0 Å². The van der Waals surface area contributed by atoms with Crippen LogP contribution >= 0.6 is 0 Å². The molecule has 1 amide bonds. The molecule has 7 heteroatoms. The highest BCUT2D eigenvalue weighted by Crippen LogP contribution is 2.25. The molecule has 160 valence electrons. The van der Waals surface area contributed by atoms with E-state index >= 15 is 0 Å². The topological polar surface area (TPSA) is 78.8 Å². The van der Waals surface area contributed by atoms with Crippen LogP contribution in [0.3, 0.4) is 0 Å². The molecule has 3 rings (SSSR count). The number of para-hydroxylation sites is 1. The van der Waals surface area contributed by atoms with Crippen molar-refractivity contribution in [2.75, 3.05) is 10.6 Å². The predicted octanol–water partition coefficient (Wildman–Crippen LogP) is 4.12. The van der Waals surface area contributed by atoms with Crippen molar-refractivity contribution in [3.05, 3.63) is 101 Å². The van der Waals surface area contributed by atoms with E-state index in [1.54, 1.807) is 31.2 Å². The largest absolute Gasteiger partial charge is 0.273 e. The molecule has 0 radical (unpaired) electrons. The summed E-state index contributed by atoms with van der Waals surface area (Å²) < 4.78 is 26.3. The zero-order chi connectivity index (χ0) is 22.4. The Morgan fingerprint density at radius 3 is 2.19 bits per heavy atom. The molecule has 3 aromatic rings. The van der Waals surface area contributed by atoms with E-state index in [1.165, 1.54) is 4.31 Å². The number of hydrogen-bond acceptors (Lipinski definition) is 4. The van der Waals surface area contributed by atoms with Crippen molar-refractivity contribution in [2.24, 2.45) is 5.10 Å². The van der Waals surface area contributed by atoms with Gasteiger partial charge in [-0.1, -0.05) is 72.3 Å². The highest BCUT2D eigenvalue weighted by molar-refractivity contribution is 7.92. The van der Waals surface area contributed by atoms with Crippen LogP contribution in [0, 0.1) is 6.92 Å². The van der Waals surface area contributed by atoms with Crippen molar-refractivity contribution in [3.63, 3.8) is 0 Å². The van der Waals surface area contributed by atoms with Crippen LogP contribution in [-0.4, -0.2) is 26.3 Å². The lowest BCUT2D eigenvalue weighted by molar-refractivity contribution is 0.0955. The van der Waals surface area contributed by atoms with E-state index in [4.69, 9.17) is 0 Å². The third-order valence-electron chi connectivity index (χ3n) is 4.78. The maximum atomic E-state index is 12.9. The van der Waals surface area contributed by atoms with Gasteiger partial charge in [-0.05, 0) is 37.1 Å². The van der Waals surface area contributed by atoms with E-state index in [-0.39, 0.29) is 12.1 Å². The van der Waals surface area contributed by atoms with Crippen LogP contribution in [0.5, 0.6) is 0 Å². The molecule has 0 bridgehead atoms. The molecule has 0 aliphatic rings. The summed E-state index contributed by atoms with van der Waals surface area (Å²) in [5.74, 6) is -0.483. The molecule has 0 unspecified atom stereocenters. The fraction of sp³-hybridized carbons (Fsp3) is 0.167. The molecular formula is C24H25N3O3S. The van der Waals surface area contributed by atoms with Crippen LogP contribution in [0.4, 0.5) is 5.69 Å². The summed E-state index contributed by atoms with van der Waals surface area (Å²) in [6, 6.07) is 23.6. The number of hydrazone groups is 1. The summed E-state index contributed by atoms with van der Waals surface area (Å²) in [5, 5.41) is 4.20. The number of nitrogens with zero attached hydrogens (tertiary/aromatic N) is 2. The van der Waals surface area contributed by atoms with Gasteiger partial charge in [0, 0.05) is 0 Å². The molecule has 0 aromatic heterocycles. The Bertz CT molecular complexity index is 1190. The SMILES string of the molecule is C/C(=N\NC(=O)c1ccccc1N(Cc1ccccc1)S(C)(=O)=O)c1ccc(C)cc1. The van der Waals surface area contributed by atoms with Crippen molar-refractivity contribution < 1.29 is 13.2 Å². The summed E-state index contributed by atoms with van der Waals surface area (Å²) in [5.41, 5.74) is 6.56. The number of anilines is 1. The highest BCUT2D eigenvalue weighted by Gasteiger charge is 2.23. The van der Waals surface area contributed by atoms with Gasteiger partial charge in [-0.25, -0.2) is 13.8 Å². The summed E-state index contributed by atoms with van der Waals surface area (Å²) >= 11 is 0. The average molecular weight is 436 g/mol. The van der Waals surface area contributed by atoms with Crippen molar-refractivity contribution in [3.8, 4) is 0 Å². The summed E-state index contributed by atoms with van der Waals surface area (Å²) in [6.07, 6.45) is 1.13. The summed E-state index contributed by atoms with van der Waals surface area (Å²) in [7, 11) is -3.63. The second kappa shape index (κ2) is 9.57. The number of sulfonamides is 1. The van der Waals surface area contributed by atoms with Gasteiger partial charge in [0.15, 0.2) is 0 Å². The molecule has 0 spiro atoms. The first-order valence-corrected chi connectivity index (χ1v) is 11.6. The average Bonchev–Trinajstić information content (AvgIpc) is 2.76. The first-order valence-electron chi connectivity index (χ1n) is 9.78. The van der Waals surface area contributed by atoms with Crippen LogP contribution in [-0.2, 0) is 16.6 Å². The predicted molar refractivity (Wildman–Crippen MR) is 125 cm³/mol. The summed E-state index contributed by atoms with van der Waals surface area (Å²) in [4.78, 5) is 12.9. The highest BCUT2D eigenvalue weighted by atomic mass is 32.2. The van der Waals surface area contributed by atoms with Gasteiger partial charge in [0.05, 0.1) is 29.8 Å². The van der Waals surface area contributed by atoms with Gasteiger partial charge in [0.25, 0.3) is 5.91 Å². The fourth-order valence-corrected chi connectivity index (χ4v) is 3.97. The molecule has 0 saturated carbocycles. The van der Waals surface area contributed by atoms with Crippen LogP contribution < -0.4 is 9.73 Å². The Kier molecular flexibility index (Phi) is 6.87. The smallest absolute Gasteiger partial charge is 0.267 e. The lowest BCUT2D eigenvalue weighted by Crippen LogP contribution is -2.32. The van der Waals surface area contributed by atoms with Crippen molar-refractivity contribution >= 4 is 27.3 Å². The minimum absolute atomic E-state index is 0.121. The maximum absolute atomic E-state index is 12.9. The number of amides is 1. The van der Waals surface area contributed by atoms with E-state index in [0.29, 0.717) is 11.4 Å². The number of aryl methyl sites for hydroxylation is 1. The monoisotopic (exact) mass is 435 g/mol. The minimum atomic E-state index is -3.63. The van der Waals surface area contributed by atoms with Gasteiger partial charge in [0.2, 0.25) is 10.0 Å². The van der Waals surface area contributed by atoms with E-state index in [0.717, 1.165) is 22.9 Å². The third kappa shape index (κ3) is 5.79. The molecular weight excluding hydrogens is 410 g/mol. The Balaban J connectivity index is 1.89. The van der Waals surface area contributed by atoms with E-state index in [2.05, 4.69) is 10.5 Å². The maximum Gasteiger partial charge on any atom is 0.273 e. The van der Waals surface area contributed by atoms with Crippen molar-refractivity contribution in [2.45, 2.75) is 20.4 Å². The van der Waals surface area contributed by atoms with Gasteiger partial charge >= 0.3 is 0 Å². The molecule has 31 heavy (non-hydrogen) atoms. The Labute approximate surface area is 183 Å². The molecule has 0 atom stereocenters. The molecule has 3 aromatic carbocycles. The van der Waals surface area contributed by atoms with Gasteiger partial charge in [-0.3, -0.25) is 9.10 Å². The number of rotatable bonds is 7. The Hall–Kier alpha value is -3.45. The number of carbonyl (C=O) groups is 1. The number of hydrogen-bond donors (Lipinski definition) is 1. The minimum Gasteiger partial charge on any atom is -0.267 e. The molecule has 0 aliphatic carbocycles. The first-order chi connectivity index (χ1) is 14.8. The molecule has 0 heterocycles. The lowest BCUT2D eigenvalue weighted by Gasteiger charge is -2.24. The van der Waals surface area contributed by atoms with Crippen LogP contribution in [0.1, 0.15) is 34.0 Å². The first kappa shape index (κ1) is 22.2. The van der Waals surface area contributed by atoms with E-state index < -0.39 is 15.9 Å². The van der Waals surface area contributed by atoms with Crippen LogP contribution in [0.25, 0.3) is 0 Å². The Morgan fingerprint density at radius 2 is 1.55 bits per heavy atom. The number of benzene rings is 3. The quantitative estimate of drug-likeness (QED) is 0.448. The molecule has 1 N–H and O–H groups in total. The lowest BCUT2D eigenvalue weighted by atomic mass is 10.1. The van der Waals surface area contributed by atoms with Gasteiger partial charge in [0.1, 0.15) is 0 Å². The van der Waals surface area contributed by atoms with E-state index in [9.17, 15) is 13.2 Å². The Morgan fingerprint density at radius 1 is 0.935 bits per heavy atom. The third-order valence-corrected chi connectivity index (χ3v) is 5.91. The zero-order valence-electron chi connectivity index (χ0n) is 17.7. The van der Waals surface area contributed by atoms with Crippen molar-refractivity contribution in [1.82, 2.24) is 5.43 Å². The standard InChI is InChI=1S/C24H25N3O3S/c1-18-13-15-21(16-14-18)19(2)25-26-24(28)22-11-7-8-12-23(22)27(31(3,29)30)17-20-9-5-4-6-10-20/h4-16H,17H2,1-3H3,(H,26,28)/b25-19+. The van der Waals surface area contributed by atoms with Crippen LogP contribution in [0.15, 0.2) is 84.0 Å². The number of carbonyl (C=O) groups excluding carboxylic acids is 1. The second-order valence-corrected chi connectivity index (χ2v) is 9.18. The second-order valence-electron chi connectivity index (χ2n) is 7.28. The molecule has 0 aliphatic heterocycles. The molecule has 6 nitrogen and oxygen atoms in total. The summed E-state index contributed by atoms with van der Waals surface area (Å²) in [6.45, 7) is 3.92. The fourth-order valence-electron chi connectivity index (χ4n) is 3.07. The molecule has 0 fully saturated rings. The van der Waals surface area contributed by atoms with Gasteiger partial charge < -0.3 is 0 Å². The zero-order valence-corrected chi connectivity index (χ0v) is 18.6. The normalized spacial score (nSPS) is 11.8. The van der Waals surface area contributed by atoms with E-state index in [1.807, 2.05) is 61.5 Å². The van der Waals surface area contributed by atoms with Crippen LogP contribution in [0.2, 0.25) is 0 Å². The van der Waals surface area contributed by atoms with Gasteiger partial charge in [-0.2, -0.15) is 5.10 Å². The molecule has 0 saturated heterocycles.